The molecule has 6 heteroatoms. The summed E-state index contributed by atoms with van der Waals surface area (Å²) in [5.74, 6) is -3.38. The zero-order valence-corrected chi connectivity index (χ0v) is 17.2. The Morgan fingerprint density at radius 2 is 1.53 bits per heavy atom. The van der Waals surface area contributed by atoms with Crippen LogP contribution in [0.25, 0.3) is 0 Å². The van der Waals surface area contributed by atoms with Crippen molar-refractivity contribution in [3.63, 3.8) is 0 Å². The minimum absolute atomic E-state index is 0.202. The second-order valence-corrected chi connectivity index (χ2v) is 8.20. The van der Waals surface area contributed by atoms with Crippen LogP contribution in [0, 0.1) is 23.4 Å². The molecule has 0 spiro atoms. The Morgan fingerprint density at radius 3 is 2.07 bits per heavy atom. The molecule has 0 amide bonds. The molecule has 0 radical (unpaired) electrons. The molecule has 1 aliphatic rings. The molecule has 1 atom stereocenters. The molecule has 30 heavy (non-hydrogen) atoms. The number of rotatable bonds is 7. The first-order valence-corrected chi connectivity index (χ1v) is 10.5. The lowest BCUT2D eigenvalue weighted by atomic mass is 9.77. The van der Waals surface area contributed by atoms with Crippen LogP contribution in [0.3, 0.4) is 0 Å². The van der Waals surface area contributed by atoms with Crippen molar-refractivity contribution in [2.75, 3.05) is 0 Å². The van der Waals surface area contributed by atoms with E-state index in [2.05, 4.69) is 6.92 Å². The van der Waals surface area contributed by atoms with Gasteiger partial charge in [-0.3, -0.25) is 0 Å². The van der Waals surface area contributed by atoms with Crippen molar-refractivity contribution in [3.8, 4) is 0 Å². The molecular weight excluding hydrogens is 399 g/mol. The Morgan fingerprint density at radius 1 is 0.967 bits per heavy atom. The summed E-state index contributed by atoms with van der Waals surface area (Å²) < 4.78 is 73.9. The van der Waals surface area contributed by atoms with Gasteiger partial charge in [0.1, 0.15) is 0 Å². The summed E-state index contributed by atoms with van der Waals surface area (Å²) in [5, 5.41) is 0. The number of benzene rings is 2. The average molecular weight is 426 g/mol. The van der Waals surface area contributed by atoms with Crippen LogP contribution < -0.4 is 0 Å². The second-order valence-electron chi connectivity index (χ2n) is 8.20. The fraction of sp³-hybridized carbons (Fsp3) is 0.500. The van der Waals surface area contributed by atoms with E-state index in [1.54, 1.807) is 12.1 Å². The standard InChI is InChI=1S/C24H27F5O/c1-3-4-16-5-7-17(8-6-16)18-9-11-20(12-10-18)24(28,29)30-15(2)19-13-21(25)23(27)22(26)14-19/h9-17H,3-8H2,1-2H3. The number of hydrogen-bond acceptors (Lipinski definition) is 1. The highest BCUT2D eigenvalue weighted by atomic mass is 19.3. The minimum atomic E-state index is -3.65. The molecule has 0 heterocycles. The molecule has 164 valence electrons. The van der Waals surface area contributed by atoms with Crippen LogP contribution in [0.2, 0.25) is 0 Å². The van der Waals surface area contributed by atoms with Gasteiger partial charge in [0.05, 0.1) is 11.7 Å². The van der Waals surface area contributed by atoms with E-state index >= 15 is 0 Å². The van der Waals surface area contributed by atoms with Gasteiger partial charge in [0, 0.05) is 0 Å². The van der Waals surface area contributed by atoms with Crippen molar-refractivity contribution >= 4 is 0 Å². The molecule has 1 nitrogen and oxygen atoms in total. The molecule has 2 aromatic carbocycles. The molecule has 1 saturated carbocycles. The predicted molar refractivity (Wildman–Crippen MR) is 106 cm³/mol. The largest absolute Gasteiger partial charge is 0.383 e. The van der Waals surface area contributed by atoms with Gasteiger partial charge in [-0.15, -0.1) is 0 Å². The van der Waals surface area contributed by atoms with Crippen molar-refractivity contribution in [1.29, 1.82) is 0 Å². The third kappa shape index (κ3) is 5.20. The summed E-state index contributed by atoms with van der Waals surface area (Å²) in [6.45, 7) is 3.43. The predicted octanol–water partition coefficient (Wildman–Crippen LogP) is 8.00. The smallest absolute Gasteiger partial charge is 0.309 e. The molecule has 0 saturated heterocycles. The third-order valence-corrected chi connectivity index (χ3v) is 6.06. The van der Waals surface area contributed by atoms with Crippen molar-refractivity contribution in [3.05, 3.63) is 70.5 Å². The summed E-state index contributed by atoms with van der Waals surface area (Å²) in [5.41, 5.74) is 0.507. The molecule has 1 unspecified atom stereocenters. The van der Waals surface area contributed by atoms with Gasteiger partial charge in [-0.25, -0.2) is 13.2 Å². The highest BCUT2D eigenvalue weighted by molar-refractivity contribution is 5.28. The normalized spacial score (nSPS) is 20.9. The number of hydrogen-bond donors (Lipinski definition) is 0. The fourth-order valence-corrected chi connectivity index (χ4v) is 4.31. The molecule has 2 aromatic rings. The maximum Gasteiger partial charge on any atom is 0.383 e. The highest BCUT2D eigenvalue weighted by Crippen LogP contribution is 2.40. The van der Waals surface area contributed by atoms with E-state index in [9.17, 15) is 22.0 Å². The third-order valence-electron chi connectivity index (χ3n) is 6.06. The molecule has 0 N–H and O–H groups in total. The first-order valence-electron chi connectivity index (χ1n) is 10.5. The van der Waals surface area contributed by atoms with Gasteiger partial charge in [-0.05, 0) is 67.7 Å². The lowest BCUT2D eigenvalue weighted by molar-refractivity contribution is -0.272. The van der Waals surface area contributed by atoms with Crippen LogP contribution in [0.15, 0.2) is 36.4 Å². The van der Waals surface area contributed by atoms with E-state index in [1.807, 2.05) is 0 Å². The number of halogens is 5. The van der Waals surface area contributed by atoms with Gasteiger partial charge in [0.2, 0.25) is 0 Å². The lowest BCUT2D eigenvalue weighted by Crippen LogP contribution is -2.21. The minimum Gasteiger partial charge on any atom is -0.309 e. The Hall–Kier alpha value is -1.95. The van der Waals surface area contributed by atoms with Crippen LogP contribution >= 0.6 is 0 Å². The number of ether oxygens (including phenoxy) is 1. The quantitative estimate of drug-likeness (QED) is 0.322. The SMILES string of the molecule is CCCC1CCC(c2ccc(C(F)(F)OC(C)c3cc(F)c(F)c(F)c3)cc2)CC1. The zero-order chi connectivity index (χ0) is 21.9. The van der Waals surface area contributed by atoms with Crippen molar-refractivity contribution < 1.29 is 26.7 Å². The van der Waals surface area contributed by atoms with Crippen molar-refractivity contribution in [2.45, 2.75) is 70.5 Å². The van der Waals surface area contributed by atoms with E-state index in [1.165, 1.54) is 44.7 Å². The Kier molecular flexibility index (Phi) is 7.17. The summed E-state index contributed by atoms with van der Waals surface area (Å²) >= 11 is 0. The summed E-state index contributed by atoms with van der Waals surface area (Å²) in [4.78, 5) is 0. The molecular formula is C24H27F5O. The summed E-state index contributed by atoms with van der Waals surface area (Å²) in [6, 6.07) is 7.42. The molecule has 1 fully saturated rings. The zero-order valence-electron chi connectivity index (χ0n) is 17.2. The van der Waals surface area contributed by atoms with E-state index < -0.39 is 29.7 Å². The van der Waals surface area contributed by atoms with Gasteiger partial charge in [-0.1, -0.05) is 44.0 Å². The van der Waals surface area contributed by atoms with E-state index in [-0.39, 0.29) is 11.1 Å². The van der Waals surface area contributed by atoms with Crippen LogP contribution in [0.1, 0.15) is 81.1 Å². The van der Waals surface area contributed by atoms with Crippen LogP contribution in [0.5, 0.6) is 0 Å². The topological polar surface area (TPSA) is 9.23 Å². The van der Waals surface area contributed by atoms with Crippen LogP contribution in [-0.2, 0) is 10.8 Å². The maximum absolute atomic E-state index is 14.6. The van der Waals surface area contributed by atoms with Crippen molar-refractivity contribution in [2.24, 2.45) is 5.92 Å². The first kappa shape index (κ1) is 22.7. The van der Waals surface area contributed by atoms with E-state index in [0.717, 1.165) is 24.3 Å². The maximum atomic E-state index is 14.6. The van der Waals surface area contributed by atoms with Crippen molar-refractivity contribution in [1.82, 2.24) is 0 Å². The van der Waals surface area contributed by atoms with Gasteiger partial charge in [0.25, 0.3) is 0 Å². The highest BCUT2D eigenvalue weighted by Gasteiger charge is 2.36. The van der Waals surface area contributed by atoms with E-state index in [4.69, 9.17) is 4.74 Å². The van der Waals surface area contributed by atoms with Crippen LogP contribution in [-0.4, -0.2) is 0 Å². The van der Waals surface area contributed by atoms with Gasteiger partial charge < -0.3 is 4.74 Å². The summed E-state index contributed by atoms with van der Waals surface area (Å²) in [6.07, 6.45) is 1.91. The summed E-state index contributed by atoms with van der Waals surface area (Å²) in [7, 11) is 0. The molecule has 3 rings (SSSR count). The van der Waals surface area contributed by atoms with Gasteiger partial charge in [-0.2, -0.15) is 8.78 Å². The Labute approximate surface area is 174 Å². The number of alkyl halides is 2. The molecule has 0 aromatic heterocycles. The molecule has 1 aliphatic carbocycles. The first-order chi connectivity index (χ1) is 14.2. The van der Waals surface area contributed by atoms with Crippen LogP contribution in [0.4, 0.5) is 22.0 Å². The Bertz CT molecular complexity index is 818. The molecule has 0 aliphatic heterocycles. The second kappa shape index (κ2) is 9.46. The van der Waals surface area contributed by atoms with Gasteiger partial charge >= 0.3 is 6.11 Å². The monoisotopic (exact) mass is 426 g/mol. The Balaban J connectivity index is 1.66. The lowest BCUT2D eigenvalue weighted by Gasteiger charge is -2.29. The van der Waals surface area contributed by atoms with E-state index in [0.29, 0.717) is 18.1 Å². The molecule has 0 bridgehead atoms. The fourth-order valence-electron chi connectivity index (χ4n) is 4.31. The average Bonchev–Trinajstić information content (AvgIpc) is 2.72. The van der Waals surface area contributed by atoms with Gasteiger partial charge in [0.15, 0.2) is 17.5 Å².